The summed E-state index contributed by atoms with van der Waals surface area (Å²) in [5, 5.41) is 1.70. The van der Waals surface area contributed by atoms with E-state index in [2.05, 4.69) is 4.99 Å². The number of hydrogen-bond donors (Lipinski definition) is 1. The van der Waals surface area contributed by atoms with Crippen LogP contribution in [0.4, 0.5) is 0 Å². The van der Waals surface area contributed by atoms with Gasteiger partial charge in [-0.3, -0.25) is 4.99 Å². The highest BCUT2D eigenvalue weighted by molar-refractivity contribution is 6.11. The first-order valence-corrected chi connectivity index (χ1v) is 15.2. The molecule has 7 aromatic carbocycles. The molecular weight excluding hydrogens is 587 g/mol. The van der Waals surface area contributed by atoms with Gasteiger partial charge < -0.3 is 14.7 Å². The first-order valence-electron chi connectivity index (χ1n) is 21.2. The highest BCUT2D eigenvalue weighted by atomic mass is 16.3. The summed E-state index contributed by atoms with van der Waals surface area (Å²) in [6, 6.07) is 21.2. The molecule has 228 valence electrons. The van der Waals surface area contributed by atoms with E-state index in [4.69, 9.17) is 22.5 Å². The molecule has 0 bridgehead atoms. The predicted octanol–water partition coefficient (Wildman–Crippen LogP) is 10.9. The fourth-order valence-corrected chi connectivity index (χ4v) is 6.09. The van der Waals surface area contributed by atoms with Crippen molar-refractivity contribution < 1.29 is 20.9 Å². The maximum absolute atomic E-state index is 9.54. The minimum Gasteiger partial charge on any atom is -0.456 e. The minimum absolute atomic E-state index is 0.0109. The predicted molar refractivity (Wildman–Crippen MR) is 200 cm³/mol. The first kappa shape index (κ1) is 18.1. The lowest BCUT2D eigenvalue weighted by molar-refractivity contribution is 0.669. The number of para-hydroxylation sites is 3. The quantitative estimate of drug-likeness (QED) is 0.147. The Morgan fingerprint density at radius 1 is 0.604 bits per heavy atom. The number of amidine groups is 1. The van der Waals surface area contributed by atoms with E-state index in [0.29, 0.717) is 17.0 Å². The number of furan rings is 1. The highest BCUT2D eigenvalue weighted by Gasteiger charge is 2.14. The fraction of sp³-hybridized carbons (Fsp3) is 0.0227. The van der Waals surface area contributed by atoms with Crippen LogP contribution >= 0.6 is 0 Å². The second-order valence-corrected chi connectivity index (χ2v) is 11.3. The topological polar surface area (TPSA) is 56.5 Å². The van der Waals surface area contributed by atoms with Gasteiger partial charge in [0.2, 0.25) is 0 Å². The number of hydrogen-bond acceptors (Lipinski definition) is 2. The zero-order chi connectivity index (χ0) is 42.5. The van der Waals surface area contributed by atoms with Crippen LogP contribution in [0.25, 0.3) is 71.7 Å². The van der Waals surface area contributed by atoms with Crippen molar-refractivity contribution >= 4 is 49.6 Å². The Balaban J connectivity index is 1.15. The van der Waals surface area contributed by atoms with Gasteiger partial charge in [0.15, 0.2) is 0 Å². The summed E-state index contributed by atoms with van der Waals surface area (Å²) in [4.78, 5) is 4.66. The van der Waals surface area contributed by atoms with E-state index < -0.39 is 72.2 Å². The monoisotopic (exact) mass is 629 g/mol. The standard InChI is InChI=1S/C44H31N3O/c45-44(34-20-22-38-37-17-5-7-19-42(37)48-43(38)27-34)46-28-29-10-8-11-30(24-29)31-12-9-13-32(25-31)33-21-23-41-39(26-33)36-16-4-6-18-40(36)47(41)35-14-2-1-3-15-35/h1-27H,28H2,(H2,45,46)/i1D,2D,3D,4D,6D,14D,15D,16D,18D,21D,23D,26D. The Kier molecular flexibility index (Phi) is 4.31. The Bertz CT molecular complexity index is 3320. The summed E-state index contributed by atoms with van der Waals surface area (Å²) < 4.78 is 112. The Hall–Kier alpha value is -6.39. The molecule has 0 radical (unpaired) electrons. The van der Waals surface area contributed by atoms with E-state index in [1.807, 2.05) is 72.8 Å². The van der Waals surface area contributed by atoms with E-state index in [-0.39, 0.29) is 40.0 Å². The van der Waals surface area contributed by atoms with Crippen molar-refractivity contribution in [3.05, 3.63) is 175 Å². The van der Waals surface area contributed by atoms with Crippen LogP contribution in [0.2, 0.25) is 0 Å². The Morgan fingerprint density at radius 2 is 1.33 bits per heavy atom. The van der Waals surface area contributed by atoms with Crippen molar-refractivity contribution in [2.75, 3.05) is 0 Å². The third kappa shape index (κ3) is 4.83. The number of aromatic nitrogens is 1. The number of aliphatic imine (C=N–C) groups is 1. The number of fused-ring (bicyclic) bond motifs is 6. The van der Waals surface area contributed by atoms with Gasteiger partial charge >= 0.3 is 0 Å². The van der Waals surface area contributed by atoms with E-state index in [1.54, 1.807) is 18.2 Å². The summed E-state index contributed by atoms with van der Waals surface area (Å²) in [6.07, 6.45) is 0. The molecule has 2 aromatic heterocycles. The highest BCUT2D eigenvalue weighted by Crippen LogP contribution is 2.36. The molecule has 2 heterocycles. The van der Waals surface area contributed by atoms with Crippen LogP contribution < -0.4 is 5.73 Å². The van der Waals surface area contributed by atoms with Gasteiger partial charge in [-0.25, -0.2) is 0 Å². The van der Waals surface area contributed by atoms with Crippen LogP contribution in [-0.4, -0.2) is 10.4 Å². The van der Waals surface area contributed by atoms with Crippen molar-refractivity contribution in [2.24, 2.45) is 10.7 Å². The molecule has 0 fully saturated rings. The molecule has 0 aliphatic rings. The van der Waals surface area contributed by atoms with Gasteiger partial charge in [-0.05, 0) is 88.4 Å². The number of nitrogens with zero attached hydrogens (tertiary/aromatic N) is 2. The number of rotatable bonds is 6. The molecule has 0 unspecified atom stereocenters. The van der Waals surface area contributed by atoms with Crippen LogP contribution in [0, 0.1) is 0 Å². The van der Waals surface area contributed by atoms with Gasteiger partial charge in [-0.15, -0.1) is 0 Å². The summed E-state index contributed by atoms with van der Waals surface area (Å²) in [5.41, 5.74) is 10.4. The zero-order valence-corrected chi connectivity index (χ0v) is 25.2. The van der Waals surface area contributed by atoms with Crippen LogP contribution in [-0.2, 0) is 6.54 Å². The van der Waals surface area contributed by atoms with Gasteiger partial charge in [0, 0.05) is 32.8 Å². The summed E-state index contributed by atoms with van der Waals surface area (Å²) in [6.45, 7) is 0.272. The van der Waals surface area contributed by atoms with Crippen LogP contribution in [0.1, 0.15) is 27.6 Å². The van der Waals surface area contributed by atoms with Crippen LogP contribution in [0.5, 0.6) is 0 Å². The molecule has 0 aliphatic carbocycles. The van der Waals surface area contributed by atoms with Crippen molar-refractivity contribution in [3.63, 3.8) is 0 Å². The number of benzene rings is 7. The molecule has 0 aliphatic heterocycles. The minimum atomic E-state index is -0.695. The van der Waals surface area contributed by atoms with E-state index in [9.17, 15) is 4.11 Å². The molecule has 4 nitrogen and oxygen atoms in total. The summed E-state index contributed by atoms with van der Waals surface area (Å²) in [7, 11) is 0. The SMILES string of the molecule is [2H]c1c([2H])c([2H])c(-n2c3c([2H])c([2H])c([2H])c([2H])c3c3c([2H])c(-c4cccc(-c5cccc(CN=C(N)c6ccc7c(c6)oc6ccccc67)c5)c4)c([2H])c([2H])c32)c([2H])c1[2H]. The molecule has 9 rings (SSSR count). The average Bonchev–Trinajstić information content (AvgIpc) is 3.81. The largest absolute Gasteiger partial charge is 0.456 e. The van der Waals surface area contributed by atoms with Crippen molar-refractivity contribution in [2.45, 2.75) is 6.54 Å². The number of nitrogens with two attached hydrogens (primary N) is 1. The van der Waals surface area contributed by atoms with Crippen molar-refractivity contribution in [1.29, 1.82) is 0 Å². The second-order valence-electron chi connectivity index (χ2n) is 11.3. The van der Waals surface area contributed by atoms with Crippen molar-refractivity contribution in [1.82, 2.24) is 4.57 Å². The zero-order valence-electron chi connectivity index (χ0n) is 37.2. The second kappa shape index (κ2) is 11.4. The van der Waals surface area contributed by atoms with Gasteiger partial charge in [0.25, 0.3) is 0 Å². The lowest BCUT2D eigenvalue weighted by Gasteiger charge is -2.09. The lowest BCUT2D eigenvalue weighted by atomic mass is 9.97. The van der Waals surface area contributed by atoms with Crippen LogP contribution in [0.15, 0.2) is 173 Å². The maximum Gasteiger partial charge on any atom is 0.136 e. The molecule has 0 atom stereocenters. The fourth-order valence-electron chi connectivity index (χ4n) is 6.09. The Labute approximate surface area is 294 Å². The molecule has 0 amide bonds. The van der Waals surface area contributed by atoms with E-state index in [1.165, 1.54) is 0 Å². The maximum atomic E-state index is 9.54. The molecule has 9 aromatic rings. The van der Waals surface area contributed by atoms with Crippen molar-refractivity contribution in [3.8, 4) is 27.9 Å². The van der Waals surface area contributed by atoms with E-state index in [0.717, 1.165) is 43.2 Å². The molecular formula is C44H31N3O. The van der Waals surface area contributed by atoms with Crippen LogP contribution in [0.3, 0.4) is 0 Å². The van der Waals surface area contributed by atoms with Gasteiger partial charge in [0.1, 0.15) is 17.0 Å². The van der Waals surface area contributed by atoms with Gasteiger partial charge in [0.05, 0.1) is 34.0 Å². The Morgan fingerprint density at radius 3 is 2.23 bits per heavy atom. The smallest absolute Gasteiger partial charge is 0.136 e. The molecule has 48 heavy (non-hydrogen) atoms. The van der Waals surface area contributed by atoms with E-state index >= 15 is 0 Å². The molecule has 4 heteroatoms. The molecule has 0 saturated carbocycles. The van der Waals surface area contributed by atoms with Gasteiger partial charge in [-0.2, -0.15) is 0 Å². The molecule has 2 N–H and O–H groups in total. The first-order chi connectivity index (χ1) is 28.7. The van der Waals surface area contributed by atoms with Gasteiger partial charge in [-0.1, -0.05) is 103 Å². The normalized spacial score (nSPS) is 15.5. The average molecular weight is 630 g/mol. The lowest BCUT2D eigenvalue weighted by Crippen LogP contribution is -2.13. The third-order valence-corrected chi connectivity index (χ3v) is 8.39. The summed E-state index contributed by atoms with van der Waals surface area (Å²) in [5.74, 6) is 0.343. The molecule has 0 saturated heterocycles. The molecule has 0 spiro atoms. The third-order valence-electron chi connectivity index (χ3n) is 8.39. The summed E-state index contributed by atoms with van der Waals surface area (Å²) >= 11 is 0.